The van der Waals surface area contributed by atoms with Gasteiger partial charge in [0.2, 0.25) is 5.91 Å². The summed E-state index contributed by atoms with van der Waals surface area (Å²) in [7, 11) is 2.17. The van der Waals surface area contributed by atoms with Gasteiger partial charge in [0.25, 0.3) is 0 Å². The van der Waals surface area contributed by atoms with Crippen molar-refractivity contribution in [3.8, 4) is 0 Å². The Kier molecular flexibility index (Phi) is 5.96. The third kappa shape index (κ3) is 5.26. The van der Waals surface area contributed by atoms with Crippen LogP contribution in [0.4, 0.5) is 10.1 Å². The lowest BCUT2D eigenvalue weighted by Crippen LogP contribution is -3.12. The van der Waals surface area contributed by atoms with Crippen LogP contribution in [0.25, 0.3) is 0 Å². The molecule has 0 atom stereocenters. The van der Waals surface area contributed by atoms with Crippen molar-refractivity contribution < 1.29 is 14.1 Å². The highest BCUT2D eigenvalue weighted by atomic mass is 32.2. The molecular formula is C14H19FN3OS2+. The average molecular weight is 328 g/mol. The number of likely N-dealkylation sites (N-methyl/N-ethyl adjacent to an activating group) is 1. The van der Waals surface area contributed by atoms with Crippen molar-refractivity contribution >= 4 is 39.9 Å². The Hall–Kier alpha value is -1.18. The quantitative estimate of drug-likeness (QED) is 0.798. The van der Waals surface area contributed by atoms with Crippen LogP contribution in [0.3, 0.4) is 0 Å². The van der Waals surface area contributed by atoms with Gasteiger partial charge in [-0.2, -0.15) is 0 Å². The molecule has 0 unspecified atom stereocenters. The van der Waals surface area contributed by atoms with E-state index in [4.69, 9.17) is 12.2 Å². The first-order valence-electron chi connectivity index (χ1n) is 6.83. The number of quaternary nitrogens is 1. The lowest BCUT2D eigenvalue weighted by Gasteiger charge is -2.31. The van der Waals surface area contributed by atoms with E-state index in [0.717, 1.165) is 30.5 Å². The van der Waals surface area contributed by atoms with Crippen molar-refractivity contribution in [1.29, 1.82) is 0 Å². The molecule has 1 saturated heterocycles. The molecule has 0 spiro atoms. The number of thiocarbonyl (C=S) groups is 1. The normalized spacial score (nSPS) is 15.8. The predicted molar refractivity (Wildman–Crippen MR) is 88.3 cm³/mol. The number of nitrogens with one attached hydrogen (secondary N) is 2. The number of halogens is 1. The Morgan fingerprint density at radius 1 is 1.48 bits per heavy atom. The Labute approximate surface area is 133 Å². The van der Waals surface area contributed by atoms with Gasteiger partial charge in [-0.1, -0.05) is 30.0 Å². The zero-order valence-corrected chi connectivity index (χ0v) is 13.5. The third-order valence-corrected chi connectivity index (χ3v) is 4.83. The van der Waals surface area contributed by atoms with Gasteiger partial charge >= 0.3 is 0 Å². The molecule has 2 N–H and O–H groups in total. The van der Waals surface area contributed by atoms with E-state index in [9.17, 15) is 9.18 Å². The molecule has 2 rings (SSSR count). The van der Waals surface area contributed by atoms with Crippen molar-refractivity contribution in [2.45, 2.75) is 0 Å². The minimum absolute atomic E-state index is 0.173. The van der Waals surface area contributed by atoms with E-state index in [0.29, 0.717) is 5.69 Å². The minimum Gasteiger partial charge on any atom is -0.346 e. The number of piperazine rings is 1. The molecule has 4 nitrogen and oxygen atoms in total. The highest BCUT2D eigenvalue weighted by Gasteiger charge is 2.19. The maximum atomic E-state index is 13.0. The summed E-state index contributed by atoms with van der Waals surface area (Å²) < 4.78 is 13.8. The monoisotopic (exact) mass is 328 g/mol. The van der Waals surface area contributed by atoms with Gasteiger partial charge in [0.15, 0.2) is 0 Å². The standard InChI is InChI=1S/C14H18FN3OS2/c1-17-5-7-18(8-6-17)14(20)21-10-13(19)16-12-4-2-3-11(15)9-12/h2-4,9H,5-8,10H2,1H3,(H,16,19)/p+1. The fourth-order valence-electron chi connectivity index (χ4n) is 2.05. The molecule has 0 aromatic heterocycles. The van der Waals surface area contributed by atoms with Crippen LogP contribution in [0.5, 0.6) is 0 Å². The molecule has 114 valence electrons. The molecule has 1 fully saturated rings. The molecule has 1 aromatic rings. The van der Waals surface area contributed by atoms with E-state index in [1.807, 2.05) is 0 Å². The predicted octanol–water partition coefficient (Wildman–Crippen LogP) is 0.613. The highest BCUT2D eigenvalue weighted by Crippen LogP contribution is 2.12. The van der Waals surface area contributed by atoms with E-state index in [-0.39, 0.29) is 17.5 Å². The van der Waals surface area contributed by atoms with Gasteiger partial charge in [0.05, 0.1) is 39.0 Å². The molecule has 0 bridgehead atoms. The van der Waals surface area contributed by atoms with Crippen molar-refractivity contribution in [1.82, 2.24) is 4.90 Å². The number of hydrogen-bond acceptors (Lipinski definition) is 3. The van der Waals surface area contributed by atoms with Gasteiger partial charge in [-0.05, 0) is 18.2 Å². The molecule has 1 aliphatic heterocycles. The summed E-state index contributed by atoms with van der Waals surface area (Å²) in [4.78, 5) is 15.5. The van der Waals surface area contributed by atoms with Crippen LogP contribution in [-0.2, 0) is 4.79 Å². The van der Waals surface area contributed by atoms with E-state index < -0.39 is 0 Å². The van der Waals surface area contributed by atoms with E-state index in [1.54, 1.807) is 12.1 Å². The summed E-state index contributed by atoms with van der Waals surface area (Å²) >= 11 is 6.71. The van der Waals surface area contributed by atoms with Gasteiger partial charge in [-0.3, -0.25) is 4.79 Å². The maximum Gasteiger partial charge on any atom is 0.234 e. The first-order chi connectivity index (χ1) is 10.0. The second kappa shape index (κ2) is 7.72. The van der Waals surface area contributed by atoms with Crippen LogP contribution in [0.2, 0.25) is 0 Å². The van der Waals surface area contributed by atoms with Crippen molar-refractivity contribution in [2.75, 3.05) is 44.3 Å². The number of carbonyl (C=O) groups is 1. The molecule has 0 aliphatic carbocycles. The smallest absolute Gasteiger partial charge is 0.234 e. The van der Waals surface area contributed by atoms with Crippen LogP contribution < -0.4 is 10.2 Å². The zero-order valence-electron chi connectivity index (χ0n) is 11.9. The second-order valence-electron chi connectivity index (χ2n) is 5.06. The molecule has 0 saturated carbocycles. The molecule has 0 radical (unpaired) electrons. The van der Waals surface area contributed by atoms with Crippen LogP contribution in [0, 0.1) is 5.82 Å². The maximum absolute atomic E-state index is 13.0. The summed E-state index contributed by atoms with van der Waals surface area (Å²) in [6.07, 6.45) is 0. The summed E-state index contributed by atoms with van der Waals surface area (Å²) in [6, 6.07) is 5.86. The van der Waals surface area contributed by atoms with Crippen molar-refractivity contribution in [3.05, 3.63) is 30.1 Å². The Bertz CT molecular complexity index is 519. The lowest BCUT2D eigenvalue weighted by molar-refractivity contribution is -0.883. The largest absolute Gasteiger partial charge is 0.346 e. The number of nitrogens with zero attached hydrogens (tertiary/aromatic N) is 1. The van der Waals surface area contributed by atoms with Crippen LogP contribution >= 0.6 is 24.0 Å². The second-order valence-corrected chi connectivity index (χ2v) is 6.67. The zero-order chi connectivity index (χ0) is 15.2. The number of amides is 1. The topological polar surface area (TPSA) is 36.8 Å². The number of anilines is 1. The number of benzene rings is 1. The number of carbonyl (C=O) groups excluding carboxylic acids is 1. The molecule has 1 amide bonds. The van der Waals surface area contributed by atoms with Crippen LogP contribution in [-0.4, -0.2) is 54.1 Å². The Morgan fingerprint density at radius 3 is 2.86 bits per heavy atom. The highest BCUT2D eigenvalue weighted by molar-refractivity contribution is 8.23. The molecule has 1 aromatic carbocycles. The lowest BCUT2D eigenvalue weighted by atomic mass is 10.3. The molecule has 1 heterocycles. The van der Waals surface area contributed by atoms with Crippen molar-refractivity contribution in [2.24, 2.45) is 0 Å². The number of rotatable bonds is 3. The van der Waals surface area contributed by atoms with Crippen molar-refractivity contribution in [3.63, 3.8) is 0 Å². The van der Waals surface area contributed by atoms with E-state index in [2.05, 4.69) is 17.3 Å². The number of thioether (sulfide) groups is 1. The SMILES string of the molecule is C[NH+]1CCN(C(=S)SCC(=O)Nc2cccc(F)c2)CC1. The van der Waals surface area contributed by atoms with Gasteiger partial charge in [-0.25, -0.2) is 4.39 Å². The first-order valence-corrected chi connectivity index (χ1v) is 8.22. The molecule has 7 heteroatoms. The Balaban J connectivity index is 1.75. The summed E-state index contributed by atoms with van der Waals surface area (Å²) in [5, 5.41) is 2.67. The van der Waals surface area contributed by atoms with Gasteiger partial charge < -0.3 is 15.1 Å². The van der Waals surface area contributed by atoms with Gasteiger partial charge in [0.1, 0.15) is 10.1 Å². The van der Waals surface area contributed by atoms with Crippen LogP contribution in [0.1, 0.15) is 0 Å². The van der Waals surface area contributed by atoms with Gasteiger partial charge in [0, 0.05) is 5.69 Å². The summed E-state index contributed by atoms with van der Waals surface area (Å²) in [5.41, 5.74) is 0.467. The number of hydrogen-bond donors (Lipinski definition) is 2. The molecular weight excluding hydrogens is 309 g/mol. The summed E-state index contributed by atoms with van der Waals surface area (Å²) in [5.74, 6) is -0.294. The minimum atomic E-state index is -0.365. The Morgan fingerprint density at radius 2 is 2.19 bits per heavy atom. The average Bonchev–Trinajstić information content (AvgIpc) is 2.45. The van der Waals surface area contributed by atoms with Gasteiger partial charge in [-0.15, -0.1) is 0 Å². The van der Waals surface area contributed by atoms with E-state index in [1.165, 1.54) is 28.8 Å². The van der Waals surface area contributed by atoms with E-state index >= 15 is 0 Å². The third-order valence-electron chi connectivity index (χ3n) is 3.31. The first kappa shape index (κ1) is 16.2. The molecule has 1 aliphatic rings. The summed E-state index contributed by atoms with van der Waals surface area (Å²) in [6.45, 7) is 4.00. The molecule has 21 heavy (non-hydrogen) atoms. The fraction of sp³-hybridized carbons (Fsp3) is 0.429. The van der Waals surface area contributed by atoms with Crippen LogP contribution in [0.15, 0.2) is 24.3 Å². The fourth-order valence-corrected chi connectivity index (χ4v) is 3.10.